The zero-order valence-corrected chi connectivity index (χ0v) is 14.8. The van der Waals surface area contributed by atoms with Crippen molar-refractivity contribution in [3.63, 3.8) is 0 Å². The van der Waals surface area contributed by atoms with Crippen LogP contribution in [0.2, 0.25) is 0 Å². The lowest BCUT2D eigenvalue weighted by molar-refractivity contribution is -0.139. The van der Waals surface area contributed by atoms with Crippen molar-refractivity contribution >= 4 is 11.9 Å². The molecule has 0 unspecified atom stereocenters. The van der Waals surface area contributed by atoms with Gasteiger partial charge in [0, 0.05) is 11.1 Å². The maximum absolute atomic E-state index is 11.9. The van der Waals surface area contributed by atoms with Crippen LogP contribution in [0, 0.1) is 5.92 Å². The van der Waals surface area contributed by atoms with Gasteiger partial charge in [0.05, 0.1) is 12.7 Å². The molecule has 1 aromatic rings. The van der Waals surface area contributed by atoms with Crippen LogP contribution < -0.4 is 5.32 Å². The lowest BCUT2D eigenvalue weighted by Crippen LogP contribution is -2.30. The maximum atomic E-state index is 11.9. The van der Waals surface area contributed by atoms with Gasteiger partial charge in [-0.2, -0.15) is 0 Å². The third-order valence-electron chi connectivity index (χ3n) is 3.91. The van der Waals surface area contributed by atoms with Gasteiger partial charge in [0.15, 0.2) is 0 Å². The maximum Gasteiger partial charge on any atom is 0.325 e. The van der Waals surface area contributed by atoms with Gasteiger partial charge in [-0.15, -0.1) is 0 Å². The predicted octanol–water partition coefficient (Wildman–Crippen LogP) is 2.33. The molecule has 0 heterocycles. The molecule has 1 rings (SSSR count). The van der Waals surface area contributed by atoms with Crippen LogP contribution in [0.25, 0.3) is 0 Å². The first-order chi connectivity index (χ1) is 11.2. The molecule has 3 N–H and O–H groups in total. The van der Waals surface area contributed by atoms with E-state index in [1.807, 2.05) is 0 Å². The number of hydrogen-bond acceptors (Lipinski definition) is 5. The SMILES string of the molecule is COC(=O)CNC(=O)c1ccc([C@@](C)(O)CCCC(C)C)c(O)c1. The number of amides is 1. The van der Waals surface area contributed by atoms with Gasteiger partial charge in [-0.3, -0.25) is 9.59 Å². The molecule has 0 radical (unpaired) electrons. The number of carbonyl (C=O) groups excluding carboxylic acids is 2. The first kappa shape index (κ1) is 20.0. The highest BCUT2D eigenvalue weighted by Crippen LogP contribution is 2.34. The fourth-order valence-electron chi connectivity index (χ4n) is 2.44. The summed E-state index contributed by atoms with van der Waals surface area (Å²) in [4.78, 5) is 23.0. The fourth-order valence-corrected chi connectivity index (χ4v) is 2.44. The largest absolute Gasteiger partial charge is 0.508 e. The normalized spacial score (nSPS) is 13.4. The first-order valence-corrected chi connectivity index (χ1v) is 8.08. The molecule has 0 saturated heterocycles. The van der Waals surface area contributed by atoms with E-state index in [1.165, 1.54) is 25.3 Å². The number of benzene rings is 1. The van der Waals surface area contributed by atoms with Crippen molar-refractivity contribution in [1.29, 1.82) is 0 Å². The number of methoxy groups -OCH3 is 1. The molecule has 0 bridgehead atoms. The topological polar surface area (TPSA) is 95.9 Å². The summed E-state index contributed by atoms with van der Waals surface area (Å²) >= 11 is 0. The number of phenols is 1. The van der Waals surface area contributed by atoms with E-state index in [2.05, 4.69) is 23.9 Å². The van der Waals surface area contributed by atoms with Crippen molar-refractivity contribution in [2.45, 2.75) is 45.6 Å². The molecule has 1 amide bonds. The summed E-state index contributed by atoms with van der Waals surface area (Å²) in [5.41, 5.74) is -0.575. The molecule has 0 aliphatic rings. The first-order valence-electron chi connectivity index (χ1n) is 8.08. The summed E-state index contributed by atoms with van der Waals surface area (Å²) < 4.78 is 4.44. The van der Waals surface area contributed by atoms with Crippen molar-refractivity contribution in [1.82, 2.24) is 5.32 Å². The Hall–Kier alpha value is -2.08. The van der Waals surface area contributed by atoms with Gasteiger partial charge in [-0.1, -0.05) is 26.3 Å². The highest BCUT2D eigenvalue weighted by Gasteiger charge is 2.26. The zero-order valence-electron chi connectivity index (χ0n) is 14.8. The quantitative estimate of drug-likeness (QED) is 0.633. The summed E-state index contributed by atoms with van der Waals surface area (Å²) in [6, 6.07) is 4.34. The minimum Gasteiger partial charge on any atom is -0.508 e. The lowest BCUT2D eigenvalue weighted by Gasteiger charge is -2.25. The second kappa shape index (κ2) is 8.68. The molecule has 0 aliphatic carbocycles. The highest BCUT2D eigenvalue weighted by atomic mass is 16.5. The van der Waals surface area contributed by atoms with Gasteiger partial charge in [-0.05, 0) is 37.8 Å². The number of ether oxygens (including phenoxy) is 1. The zero-order chi connectivity index (χ0) is 18.3. The Bertz CT molecular complexity index is 581. The van der Waals surface area contributed by atoms with Crippen LogP contribution >= 0.6 is 0 Å². The molecule has 0 spiro atoms. The molecule has 134 valence electrons. The van der Waals surface area contributed by atoms with Crippen LogP contribution in [0.4, 0.5) is 0 Å². The smallest absolute Gasteiger partial charge is 0.325 e. The Labute approximate surface area is 142 Å². The fraction of sp³-hybridized carbons (Fsp3) is 0.556. The van der Waals surface area contributed by atoms with E-state index < -0.39 is 17.5 Å². The third-order valence-corrected chi connectivity index (χ3v) is 3.91. The van der Waals surface area contributed by atoms with Crippen LogP contribution in [0.5, 0.6) is 5.75 Å². The van der Waals surface area contributed by atoms with Gasteiger partial charge in [0.25, 0.3) is 5.91 Å². The number of nitrogens with one attached hydrogen (secondary N) is 1. The van der Waals surface area contributed by atoms with Crippen LogP contribution in [-0.2, 0) is 15.1 Å². The van der Waals surface area contributed by atoms with E-state index in [1.54, 1.807) is 6.92 Å². The van der Waals surface area contributed by atoms with Gasteiger partial charge < -0.3 is 20.3 Å². The molecule has 6 heteroatoms. The Morgan fingerprint density at radius 1 is 1.33 bits per heavy atom. The van der Waals surface area contributed by atoms with E-state index in [-0.39, 0.29) is 17.9 Å². The summed E-state index contributed by atoms with van der Waals surface area (Å²) in [6.45, 7) is 5.64. The van der Waals surface area contributed by atoms with Gasteiger partial charge >= 0.3 is 5.97 Å². The molecule has 24 heavy (non-hydrogen) atoms. The number of carbonyl (C=O) groups is 2. The number of phenolic OH excluding ortho intramolecular Hbond substituents is 1. The second-order valence-corrected chi connectivity index (χ2v) is 6.55. The van der Waals surface area contributed by atoms with Crippen molar-refractivity contribution in [2.75, 3.05) is 13.7 Å². The Balaban J connectivity index is 2.79. The molecule has 0 aliphatic heterocycles. The lowest BCUT2D eigenvalue weighted by atomic mass is 9.88. The number of hydrogen-bond donors (Lipinski definition) is 3. The Kier molecular flexibility index (Phi) is 7.22. The number of aromatic hydroxyl groups is 1. The van der Waals surface area contributed by atoms with Crippen molar-refractivity contribution in [3.05, 3.63) is 29.3 Å². The van der Waals surface area contributed by atoms with Crippen LogP contribution in [0.3, 0.4) is 0 Å². The Morgan fingerprint density at radius 3 is 2.54 bits per heavy atom. The molecular formula is C18H27NO5. The average Bonchev–Trinajstić information content (AvgIpc) is 2.51. The molecule has 0 saturated carbocycles. The summed E-state index contributed by atoms with van der Waals surface area (Å²) in [5, 5.41) is 23.2. The molecule has 0 fully saturated rings. The minimum absolute atomic E-state index is 0.143. The number of aliphatic hydroxyl groups is 1. The number of esters is 1. The van der Waals surface area contributed by atoms with Crippen LogP contribution in [0.15, 0.2) is 18.2 Å². The van der Waals surface area contributed by atoms with Gasteiger partial charge in [0.2, 0.25) is 0 Å². The molecule has 0 aromatic heterocycles. The van der Waals surface area contributed by atoms with Gasteiger partial charge in [-0.25, -0.2) is 0 Å². The second-order valence-electron chi connectivity index (χ2n) is 6.55. The molecule has 1 atom stereocenters. The van der Waals surface area contributed by atoms with E-state index in [4.69, 9.17) is 0 Å². The van der Waals surface area contributed by atoms with Gasteiger partial charge in [0.1, 0.15) is 12.3 Å². The molecular weight excluding hydrogens is 310 g/mol. The number of rotatable bonds is 8. The van der Waals surface area contributed by atoms with Crippen molar-refractivity contribution < 1.29 is 24.5 Å². The molecule has 1 aromatic carbocycles. The van der Waals surface area contributed by atoms with E-state index in [0.29, 0.717) is 17.9 Å². The van der Waals surface area contributed by atoms with Crippen LogP contribution in [0.1, 0.15) is 56.0 Å². The summed E-state index contributed by atoms with van der Waals surface area (Å²) in [6.07, 6.45) is 2.35. The standard InChI is InChI=1S/C18H27NO5/c1-12(2)6-5-9-18(3,23)14-8-7-13(10-15(14)20)17(22)19-11-16(21)24-4/h7-8,10,12,20,23H,5-6,9,11H2,1-4H3,(H,19,22)/t18-/m0/s1. The molecule has 6 nitrogen and oxygen atoms in total. The predicted molar refractivity (Wildman–Crippen MR) is 90.7 cm³/mol. The summed E-state index contributed by atoms with van der Waals surface area (Å²) in [7, 11) is 1.23. The minimum atomic E-state index is -1.17. The van der Waals surface area contributed by atoms with Crippen LogP contribution in [-0.4, -0.2) is 35.7 Å². The van der Waals surface area contributed by atoms with E-state index >= 15 is 0 Å². The van der Waals surface area contributed by atoms with Crippen molar-refractivity contribution in [3.8, 4) is 5.75 Å². The van der Waals surface area contributed by atoms with E-state index in [9.17, 15) is 19.8 Å². The van der Waals surface area contributed by atoms with E-state index in [0.717, 1.165) is 12.8 Å². The monoisotopic (exact) mass is 337 g/mol. The Morgan fingerprint density at radius 2 is 2.00 bits per heavy atom. The highest BCUT2D eigenvalue weighted by molar-refractivity contribution is 5.96. The summed E-state index contributed by atoms with van der Waals surface area (Å²) in [5.74, 6) is -0.649. The third kappa shape index (κ3) is 5.85. The van der Waals surface area contributed by atoms with Crippen molar-refractivity contribution in [2.24, 2.45) is 5.92 Å². The average molecular weight is 337 g/mol.